The molecule has 6 aromatic carbocycles. The molecule has 1 N–H and O–H groups in total. The fourth-order valence-electron chi connectivity index (χ4n) is 6.69. The molecule has 2 aromatic heterocycles. The minimum atomic E-state index is -0.110. The number of anilines is 1. The van der Waals surface area contributed by atoms with E-state index in [-0.39, 0.29) is 6.04 Å². The minimum Gasteiger partial charge on any atom is -0.370 e. The number of rotatable bonds is 2. The Morgan fingerprint density at radius 2 is 1.02 bits per heavy atom. The third-order valence-electron chi connectivity index (χ3n) is 8.54. The Morgan fingerprint density at radius 3 is 1.74 bits per heavy atom. The average Bonchev–Trinajstić information content (AvgIpc) is 3.56. The van der Waals surface area contributed by atoms with Crippen LogP contribution in [0.4, 0.5) is 11.4 Å². The number of nitrogens with one attached hydrogen (secondary N) is 1. The molecule has 0 fully saturated rings. The van der Waals surface area contributed by atoms with Crippen molar-refractivity contribution in [2.75, 3.05) is 5.32 Å². The fraction of sp³-hybridized carbons (Fsp3) is 0.0263. The molecule has 3 heterocycles. The summed E-state index contributed by atoms with van der Waals surface area (Å²) in [4.78, 5) is 5.35. The van der Waals surface area contributed by atoms with Crippen molar-refractivity contribution in [3.63, 3.8) is 0 Å². The van der Waals surface area contributed by atoms with Crippen molar-refractivity contribution in [1.82, 2.24) is 9.13 Å². The number of hydrogen-bond acceptors (Lipinski definition) is 2. The fourth-order valence-corrected chi connectivity index (χ4v) is 6.69. The van der Waals surface area contributed by atoms with Crippen molar-refractivity contribution < 1.29 is 0 Å². The molecule has 1 atom stereocenters. The highest BCUT2D eigenvalue weighted by Gasteiger charge is 2.28. The smallest absolute Gasteiger partial charge is 0.141 e. The second-order valence-corrected chi connectivity index (χ2v) is 10.9. The summed E-state index contributed by atoms with van der Waals surface area (Å²) in [6.07, 6.45) is 0. The average molecular weight is 539 g/mol. The van der Waals surface area contributed by atoms with Crippen LogP contribution in [0.15, 0.2) is 151 Å². The summed E-state index contributed by atoms with van der Waals surface area (Å²) in [6, 6.07) is 51.7. The molecular formula is C38H26N4. The lowest BCUT2D eigenvalue weighted by Crippen LogP contribution is -2.29. The van der Waals surface area contributed by atoms with Crippen molar-refractivity contribution in [2.45, 2.75) is 6.04 Å². The summed E-state index contributed by atoms with van der Waals surface area (Å²) in [6.45, 7) is 0. The number of para-hydroxylation sites is 5. The molecule has 0 aliphatic carbocycles. The maximum Gasteiger partial charge on any atom is 0.141 e. The number of aromatic nitrogens is 2. The molecule has 1 aliphatic rings. The predicted octanol–water partition coefficient (Wildman–Crippen LogP) is 9.64. The van der Waals surface area contributed by atoms with Crippen molar-refractivity contribution in [3.8, 4) is 5.69 Å². The van der Waals surface area contributed by atoms with Gasteiger partial charge in [-0.3, -0.25) is 4.57 Å². The van der Waals surface area contributed by atoms with E-state index in [1.807, 2.05) is 0 Å². The minimum absolute atomic E-state index is 0.110. The molecule has 0 saturated carbocycles. The Kier molecular flexibility index (Phi) is 4.93. The van der Waals surface area contributed by atoms with Gasteiger partial charge < -0.3 is 9.88 Å². The Morgan fingerprint density at radius 1 is 0.476 bits per heavy atom. The number of aliphatic imine (C=N–C) groups is 1. The van der Waals surface area contributed by atoms with Crippen LogP contribution in [0, 0.1) is 0 Å². The maximum absolute atomic E-state index is 5.35. The molecule has 0 radical (unpaired) electrons. The van der Waals surface area contributed by atoms with E-state index in [1.165, 1.54) is 38.1 Å². The van der Waals surface area contributed by atoms with Crippen molar-refractivity contribution in [2.24, 2.45) is 4.99 Å². The molecule has 198 valence electrons. The standard InChI is InChI=1S/C38H26N4/c1-3-13-25(14-4-1)37-38(40-32-20-10-9-19-31(32)39-37)42-34-22-12-8-18-28(34)30-23-35-29(24-36(30)42)27-17-7-11-21-33(27)41(35)26-15-5-2-6-16-26/h1-24,37,39H. The van der Waals surface area contributed by atoms with Gasteiger partial charge in [-0.2, -0.15) is 0 Å². The largest absolute Gasteiger partial charge is 0.370 e. The van der Waals surface area contributed by atoms with Crippen molar-refractivity contribution >= 4 is 60.8 Å². The van der Waals surface area contributed by atoms with Crippen LogP contribution < -0.4 is 5.32 Å². The Bertz CT molecular complexity index is 2320. The summed E-state index contributed by atoms with van der Waals surface area (Å²) >= 11 is 0. The molecule has 1 aliphatic heterocycles. The molecule has 0 spiro atoms. The van der Waals surface area contributed by atoms with Gasteiger partial charge in [0.05, 0.1) is 33.4 Å². The SMILES string of the molecule is c1ccc(C2Nc3ccccc3N=C2n2c3ccccc3c3cc4c(cc32)c2ccccc2n4-c2ccccc2)cc1. The zero-order chi connectivity index (χ0) is 27.6. The van der Waals surface area contributed by atoms with E-state index in [4.69, 9.17) is 4.99 Å². The van der Waals surface area contributed by atoms with Gasteiger partial charge >= 0.3 is 0 Å². The molecule has 0 saturated heterocycles. The van der Waals surface area contributed by atoms with Gasteiger partial charge in [-0.25, -0.2) is 4.99 Å². The highest BCUT2D eigenvalue weighted by atomic mass is 15.2. The number of fused-ring (bicyclic) bond motifs is 7. The van der Waals surface area contributed by atoms with Crippen LogP contribution in [0.25, 0.3) is 49.3 Å². The third-order valence-corrected chi connectivity index (χ3v) is 8.54. The van der Waals surface area contributed by atoms with Gasteiger partial charge in [0.25, 0.3) is 0 Å². The van der Waals surface area contributed by atoms with E-state index >= 15 is 0 Å². The first-order valence-electron chi connectivity index (χ1n) is 14.4. The first kappa shape index (κ1) is 23.1. The van der Waals surface area contributed by atoms with Gasteiger partial charge in [0, 0.05) is 27.2 Å². The first-order chi connectivity index (χ1) is 20.8. The number of hydrogen-bond donors (Lipinski definition) is 1. The van der Waals surface area contributed by atoms with Crippen LogP contribution in [0.5, 0.6) is 0 Å². The molecule has 1 unspecified atom stereocenters. The van der Waals surface area contributed by atoms with E-state index in [1.54, 1.807) is 0 Å². The summed E-state index contributed by atoms with van der Waals surface area (Å²) in [5.41, 5.74) is 9.04. The molecule has 42 heavy (non-hydrogen) atoms. The molecule has 4 heteroatoms. The molecule has 4 nitrogen and oxygen atoms in total. The number of nitrogens with zero attached hydrogens (tertiary/aromatic N) is 3. The van der Waals surface area contributed by atoms with Gasteiger partial charge in [0.2, 0.25) is 0 Å². The second-order valence-electron chi connectivity index (χ2n) is 10.9. The molecular weight excluding hydrogens is 512 g/mol. The summed E-state index contributed by atoms with van der Waals surface area (Å²) in [7, 11) is 0. The van der Waals surface area contributed by atoms with Gasteiger partial charge in [-0.05, 0) is 54.1 Å². The van der Waals surface area contributed by atoms with Gasteiger partial charge in [0.1, 0.15) is 11.9 Å². The Hall–Kier alpha value is -5.61. The summed E-state index contributed by atoms with van der Waals surface area (Å²) in [5.74, 6) is 0.970. The molecule has 0 amide bonds. The normalized spacial score (nSPS) is 14.8. The van der Waals surface area contributed by atoms with E-state index in [0.29, 0.717) is 0 Å². The van der Waals surface area contributed by atoms with Gasteiger partial charge in [-0.1, -0.05) is 97.1 Å². The van der Waals surface area contributed by atoms with Crippen LogP contribution in [0.3, 0.4) is 0 Å². The van der Waals surface area contributed by atoms with Crippen molar-refractivity contribution in [3.05, 3.63) is 151 Å². The topological polar surface area (TPSA) is 34.2 Å². The highest BCUT2D eigenvalue weighted by Crippen LogP contribution is 2.41. The Labute approximate surface area is 242 Å². The van der Waals surface area contributed by atoms with Gasteiger partial charge in [0.15, 0.2) is 0 Å². The predicted molar refractivity (Wildman–Crippen MR) is 176 cm³/mol. The number of benzene rings is 6. The van der Waals surface area contributed by atoms with Crippen LogP contribution in [-0.4, -0.2) is 15.0 Å². The second kappa shape index (κ2) is 8.95. The Balaban J connectivity index is 1.41. The lowest BCUT2D eigenvalue weighted by molar-refractivity contribution is 0.962. The molecule has 0 bridgehead atoms. The summed E-state index contributed by atoms with van der Waals surface area (Å²) < 4.78 is 4.76. The first-order valence-corrected chi connectivity index (χ1v) is 14.4. The molecule has 9 rings (SSSR count). The van der Waals surface area contributed by atoms with Crippen LogP contribution >= 0.6 is 0 Å². The monoisotopic (exact) mass is 538 g/mol. The molecule has 8 aromatic rings. The zero-order valence-corrected chi connectivity index (χ0v) is 22.8. The van der Waals surface area contributed by atoms with Crippen molar-refractivity contribution in [1.29, 1.82) is 0 Å². The zero-order valence-electron chi connectivity index (χ0n) is 22.8. The third kappa shape index (κ3) is 3.32. The van der Waals surface area contributed by atoms with Gasteiger partial charge in [-0.15, -0.1) is 0 Å². The lowest BCUT2D eigenvalue weighted by Gasteiger charge is -2.29. The van der Waals surface area contributed by atoms with Crippen LogP contribution in [0.1, 0.15) is 11.6 Å². The van der Waals surface area contributed by atoms with Crippen LogP contribution in [0.2, 0.25) is 0 Å². The maximum atomic E-state index is 5.35. The summed E-state index contributed by atoms with van der Waals surface area (Å²) in [5, 5.41) is 8.72. The quantitative estimate of drug-likeness (QED) is 0.234. The van der Waals surface area contributed by atoms with E-state index < -0.39 is 0 Å². The highest BCUT2D eigenvalue weighted by molar-refractivity contribution is 6.22. The van der Waals surface area contributed by atoms with E-state index in [2.05, 4.69) is 160 Å². The lowest BCUT2D eigenvalue weighted by atomic mass is 10.0. The van der Waals surface area contributed by atoms with E-state index in [0.717, 1.165) is 33.9 Å². The van der Waals surface area contributed by atoms with Crippen LogP contribution in [-0.2, 0) is 0 Å². The van der Waals surface area contributed by atoms with E-state index in [9.17, 15) is 0 Å².